The van der Waals surface area contributed by atoms with E-state index in [1.165, 1.54) is 4.90 Å². The molecule has 2 aliphatic rings. The van der Waals surface area contributed by atoms with E-state index in [4.69, 9.17) is 9.40 Å². The molecular formula is C38H38F6N6O2. The van der Waals surface area contributed by atoms with Crippen LogP contribution in [-0.2, 0) is 25.3 Å². The summed E-state index contributed by atoms with van der Waals surface area (Å²) in [6.45, 7) is 4.04. The highest BCUT2D eigenvalue weighted by Crippen LogP contribution is 2.37. The number of halogens is 6. The number of anilines is 1. The topological polar surface area (TPSA) is 79.4 Å². The monoisotopic (exact) mass is 724 g/mol. The van der Waals surface area contributed by atoms with Gasteiger partial charge in [-0.2, -0.15) is 26.3 Å². The predicted octanol–water partition coefficient (Wildman–Crippen LogP) is 8.21. The minimum Gasteiger partial charge on any atom is -0.444 e. The van der Waals surface area contributed by atoms with Crippen LogP contribution in [0, 0.1) is 6.92 Å². The number of nitrogens with one attached hydrogen (secondary N) is 1. The Morgan fingerprint density at radius 1 is 0.885 bits per heavy atom. The van der Waals surface area contributed by atoms with Gasteiger partial charge in [-0.3, -0.25) is 4.79 Å². The molecule has 2 aromatic heterocycles. The number of likely N-dealkylation sites (tertiary alicyclic amines) is 2. The third-order valence-corrected chi connectivity index (χ3v) is 10.1. The Bertz CT molecular complexity index is 1980. The maximum atomic E-state index is 13.8. The number of alkyl halides is 6. The summed E-state index contributed by atoms with van der Waals surface area (Å²) in [6, 6.07) is 18.2. The Labute approximate surface area is 296 Å². The molecule has 1 N–H and O–H groups in total. The number of rotatable bonds is 8. The van der Waals surface area contributed by atoms with Crippen molar-refractivity contribution < 1.29 is 35.6 Å². The number of amides is 1. The molecule has 8 nitrogen and oxygen atoms in total. The van der Waals surface area contributed by atoms with Gasteiger partial charge >= 0.3 is 12.4 Å². The maximum Gasteiger partial charge on any atom is 0.416 e. The summed E-state index contributed by atoms with van der Waals surface area (Å²) >= 11 is 0. The average molecular weight is 725 g/mol. The summed E-state index contributed by atoms with van der Waals surface area (Å²) in [6.07, 6.45) is -5.20. The van der Waals surface area contributed by atoms with E-state index in [9.17, 15) is 31.1 Å². The zero-order chi connectivity index (χ0) is 36.6. The molecule has 2 fully saturated rings. The fourth-order valence-electron chi connectivity index (χ4n) is 7.52. The number of benzene rings is 3. The molecule has 0 aliphatic carbocycles. The molecule has 7 rings (SSSR count). The van der Waals surface area contributed by atoms with Crippen molar-refractivity contribution in [2.45, 2.75) is 76.1 Å². The summed E-state index contributed by atoms with van der Waals surface area (Å²) in [5.74, 6) is 1.23. The van der Waals surface area contributed by atoms with Crippen LogP contribution < -0.4 is 5.32 Å². The number of imidazole rings is 1. The molecule has 2 aliphatic heterocycles. The first-order valence-corrected chi connectivity index (χ1v) is 17.3. The van der Waals surface area contributed by atoms with Crippen LogP contribution in [0.15, 0.2) is 83.4 Å². The normalized spacial score (nSPS) is 19.3. The molecule has 2 atom stereocenters. The average Bonchev–Trinajstić information content (AvgIpc) is 3.69. The van der Waals surface area contributed by atoms with E-state index < -0.39 is 41.0 Å². The summed E-state index contributed by atoms with van der Waals surface area (Å²) in [5.41, 5.74) is -0.848. The third kappa shape index (κ3) is 7.81. The Balaban J connectivity index is 1.06. The van der Waals surface area contributed by atoms with Gasteiger partial charge in [-0.25, -0.2) is 9.97 Å². The standard InChI is InChI=1S/C38H38F6N6O2/c1-24-45-22-32(52-24)23-50-34-10-6-5-9-33(34)47-36(50)46-29-11-14-48(15-12-29)30-13-16-49(31(21-30)17-25-7-3-2-4-8-25)35(51)26-18-27(37(39,40)41)20-28(19-26)38(42,43)44/h2-10,18-20,22,29-31H,11-17,21,23H2,1H3,(H,46,47). The van der Waals surface area contributed by atoms with Crippen LogP contribution in [0.2, 0.25) is 0 Å². The second-order valence-corrected chi connectivity index (χ2v) is 13.6. The van der Waals surface area contributed by atoms with Gasteiger partial charge in [0, 0.05) is 50.2 Å². The largest absolute Gasteiger partial charge is 0.444 e. The van der Waals surface area contributed by atoms with Crippen LogP contribution in [0.3, 0.4) is 0 Å². The number of carbonyl (C=O) groups excluding carboxylic acids is 1. The van der Waals surface area contributed by atoms with Gasteiger partial charge in [0.1, 0.15) is 5.76 Å². The third-order valence-electron chi connectivity index (χ3n) is 10.1. The highest BCUT2D eigenvalue weighted by molar-refractivity contribution is 5.95. The summed E-state index contributed by atoms with van der Waals surface area (Å²) < 4.78 is 89.8. The van der Waals surface area contributed by atoms with E-state index in [2.05, 4.69) is 19.8 Å². The van der Waals surface area contributed by atoms with Gasteiger partial charge in [0.25, 0.3) is 5.91 Å². The van der Waals surface area contributed by atoms with Crippen molar-refractivity contribution >= 4 is 22.9 Å². The lowest BCUT2D eigenvalue weighted by Crippen LogP contribution is -2.54. The molecule has 0 saturated carbocycles. The van der Waals surface area contributed by atoms with Crippen molar-refractivity contribution in [3.05, 3.63) is 113 Å². The minimum absolute atomic E-state index is 0.0516. The van der Waals surface area contributed by atoms with Gasteiger partial charge in [0.05, 0.1) is 34.9 Å². The molecule has 0 bridgehead atoms. The Morgan fingerprint density at radius 3 is 2.21 bits per heavy atom. The number of nitrogens with zero attached hydrogens (tertiary/aromatic N) is 5. The van der Waals surface area contributed by atoms with E-state index in [-0.39, 0.29) is 24.7 Å². The smallest absolute Gasteiger partial charge is 0.416 e. The summed E-state index contributed by atoms with van der Waals surface area (Å²) in [4.78, 5) is 26.8. The number of piperidine rings is 2. The lowest BCUT2D eigenvalue weighted by molar-refractivity contribution is -0.143. The molecule has 274 valence electrons. The van der Waals surface area contributed by atoms with Crippen molar-refractivity contribution in [3.63, 3.8) is 0 Å². The van der Waals surface area contributed by atoms with E-state index in [0.29, 0.717) is 43.8 Å². The molecule has 0 spiro atoms. The number of carbonyl (C=O) groups is 1. The number of fused-ring (bicyclic) bond motifs is 1. The van der Waals surface area contributed by atoms with Crippen molar-refractivity contribution in [1.29, 1.82) is 0 Å². The van der Waals surface area contributed by atoms with Gasteiger partial charge in [-0.05, 0) is 68.0 Å². The fraction of sp³-hybridized carbons (Fsp3) is 0.395. The Kier molecular flexibility index (Phi) is 9.77. The van der Waals surface area contributed by atoms with Gasteiger partial charge in [0.15, 0.2) is 5.89 Å². The van der Waals surface area contributed by atoms with E-state index in [1.807, 2.05) is 54.6 Å². The number of hydrogen-bond donors (Lipinski definition) is 1. The molecule has 3 aromatic carbocycles. The first-order valence-electron chi connectivity index (χ1n) is 17.3. The van der Waals surface area contributed by atoms with Crippen LogP contribution in [0.1, 0.15) is 64.4 Å². The molecule has 2 saturated heterocycles. The van der Waals surface area contributed by atoms with E-state index in [0.717, 1.165) is 54.2 Å². The molecule has 5 aromatic rings. The highest BCUT2D eigenvalue weighted by atomic mass is 19.4. The van der Waals surface area contributed by atoms with E-state index >= 15 is 0 Å². The van der Waals surface area contributed by atoms with Crippen LogP contribution in [0.4, 0.5) is 32.3 Å². The molecule has 2 unspecified atom stereocenters. The first-order chi connectivity index (χ1) is 24.8. The van der Waals surface area contributed by atoms with Crippen molar-refractivity contribution in [2.75, 3.05) is 25.0 Å². The lowest BCUT2D eigenvalue weighted by Gasteiger charge is -2.45. The molecule has 52 heavy (non-hydrogen) atoms. The zero-order valence-electron chi connectivity index (χ0n) is 28.4. The van der Waals surface area contributed by atoms with Gasteiger partial charge in [0.2, 0.25) is 5.95 Å². The minimum atomic E-state index is -5.05. The number of para-hydroxylation sites is 2. The molecule has 4 heterocycles. The Morgan fingerprint density at radius 2 is 1.56 bits per heavy atom. The zero-order valence-corrected chi connectivity index (χ0v) is 28.4. The molecular weight excluding hydrogens is 686 g/mol. The second kappa shape index (κ2) is 14.3. The van der Waals surface area contributed by atoms with Crippen LogP contribution in [0.5, 0.6) is 0 Å². The van der Waals surface area contributed by atoms with Crippen LogP contribution in [0.25, 0.3) is 11.0 Å². The van der Waals surface area contributed by atoms with Gasteiger partial charge < -0.3 is 24.1 Å². The summed E-state index contributed by atoms with van der Waals surface area (Å²) in [5, 5.41) is 3.65. The fourth-order valence-corrected chi connectivity index (χ4v) is 7.52. The van der Waals surface area contributed by atoms with Crippen LogP contribution in [-0.4, -0.2) is 68.0 Å². The maximum absolute atomic E-state index is 13.8. The van der Waals surface area contributed by atoms with Crippen molar-refractivity contribution in [3.8, 4) is 0 Å². The SMILES string of the molecule is Cc1ncc(Cn2c(NC3CCN(C4CCN(C(=O)c5cc(C(F)(F)F)cc(C(F)(F)F)c5)C(Cc5ccccc5)C4)CC3)nc3ccccc32)o1. The van der Waals surface area contributed by atoms with E-state index in [1.54, 1.807) is 13.1 Å². The van der Waals surface area contributed by atoms with Crippen molar-refractivity contribution in [2.24, 2.45) is 0 Å². The number of aryl methyl sites for hydroxylation is 1. The first kappa shape index (κ1) is 35.5. The lowest BCUT2D eigenvalue weighted by atomic mass is 9.89. The van der Waals surface area contributed by atoms with Gasteiger partial charge in [-0.1, -0.05) is 42.5 Å². The number of oxazole rings is 1. The van der Waals surface area contributed by atoms with Crippen molar-refractivity contribution in [1.82, 2.24) is 24.3 Å². The molecule has 0 radical (unpaired) electrons. The van der Waals surface area contributed by atoms with Crippen LogP contribution >= 0.6 is 0 Å². The predicted molar refractivity (Wildman–Crippen MR) is 183 cm³/mol. The highest BCUT2D eigenvalue weighted by Gasteiger charge is 2.40. The molecule has 1 amide bonds. The van der Waals surface area contributed by atoms with Gasteiger partial charge in [-0.15, -0.1) is 0 Å². The second-order valence-electron chi connectivity index (χ2n) is 13.6. The summed E-state index contributed by atoms with van der Waals surface area (Å²) in [7, 11) is 0. The number of aromatic nitrogens is 3. The number of hydrogen-bond acceptors (Lipinski definition) is 6. The molecule has 14 heteroatoms. The Hall–Kier alpha value is -4.85. The quantitative estimate of drug-likeness (QED) is 0.163.